The molecule has 0 radical (unpaired) electrons. The molecule has 0 aromatic heterocycles. The van der Waals surface area contributed by atoms with E-state index in [1.54, 1.807) is 0 Å². The number of hydrogen-bond donors (Lipinski definition) is 3. The molecule has 21 heavy (non-hydrogen) atoms. The van der Waals surface area contributed by atoms with Crippen LogP contribution < -0.4 is 5.32 Å². The number of carbonyl (C=O) groups is 1. The predicted molar refractivity (Wildman–Crippen MR) is 82.2 cm³/mol. The average Bonchev–Trinajstić information content (AvgIpc) is 2.52. The van der Waals surface area contributed by atoms with Crippen LogP contribution in [0.1, 0.15) is 37.2 Å². The summed E-state index contributed by atoms with van der Waals surface area (Å²) < 4.78 is 0. The van der Waals surface area contributed by atoms with Crippen molar-refractivity contribution >= 4 is 5.97 Å². The first-order valence-corrected chi connectivity index (χ1v) is 7.81. The topological polar surface area (TPSA) is 69.6 Å². The van der Waals surface area contributed by atoms with E-state index < -0.39 is 11.9 Å². The number of aliphatic hydroxyl groups is 1. The maximum Gasteiger partial charge on any atom is 0.312 e. The van der Waals surface area contributed by atoms with Gasteiger partial charge in [-0.05, 0) is 36.8 Å². The molecule has 0 aliphatic heterocycles. The van der Waals surface area contributed by atoms with Crippen LogP contribution in [-0.2, 0) is 4.79 Å². The van der Waals surface area contributed by atoms with Crippen molar-refractivity contribution in [2.75, 3.05) is 19.7 Å². The van der Waals surface area contributed by atoms with Gasteiger partial charge in [0.2, 0.25) is 0 Å². The minimum atomic E-state index is -0.795. The first kappa shape index (κ1) is 16.0. The molecule has 0 heterocycles. The zero-order valence-corrected chi connectivity index (χ0v) is 12.4. The zero-order valence-electron chi connectivity index (χ0n) is 12.4. The summed E-state index contributed by atoms with van der Waals surface area (Å²) >= 11 is 0. The van der Waals surface area contributed by atoms with Crippen LogP contribution in [0.4, 0.5) is 0 Å². The Bertz CT molecular complexity index is 435. The van der Waals surface area contributed by atoms with Crippen molar-refractivity contribution in [2.24, 2.45) is 11.8 Å². The van der Waals surface area contributed by atoms with Gasteiger partial charge in [0.05, 0.1) is 5.92 Å². The van der Waals surface area contributed by atoms with Gasteiger partial charge >= 0.3 is 5.97 Å². The second-order valence-corrected chi connectivity index (χ2v) is 5.95. The highest BCUT2D eigenvalue weighted by molar-refractivity contribution is 5.76. The van der Waals surface area contributed by atoms with Crippen LogP contribution >= 0.6 is 0 Å². The normalized spacial score (nSPS) is 23.7. The smallest absolute Gasteiger partial charge is 0.312 e. The van der Waals surface area contributed by atoms with Gasteiger partial charge in [0.25, 0.3) is 0 Å². The number of carboxylic acid groups (broad SMARTS) is 1. The third-order valence-corrected chi connectivity index (χ3v) is 4.56. The number of aliphatic hydroxyl groups excluding tert-OH is 1. The fourth-order valence-corrected chi connectivity index (χ4v) is 3.24. The Morgan fingerprint density at radius 1 is 1.19 bits per heavy atom. The van der Waals surface area contributed by atoms with E-state index in [-0.39, 0.29) is 6.61 Å². The van der Waals surface area contributed by atoms with Gasteiger partial charge in [-0.2, -0.15) is 0 Å². The van der Waals surface area contributed by atoms with Crippen LogP contribution in [0.3, 0.4) is 0 Å². The molecule has 1 aliphatic carbocycles. The summed E-state index contributed by atoms with van der Waals surface area (Å²) in [6.45, 7) is 1.48. The minimum absolute atomic E-state index is 0.243. The van der Waals surface area contributed by atoms with E-state index in [1.807, 2.05) is 30.3 Å². The highest BCUT2D eigenvalue weighted by atomic mass is 16.4. The maximum atomic E-state index is 11.4. The van der Waals surface area contributed by atoms with E-state index in [2.05, 4.69) is 5.32 Å². The molecule has 1 fully saturated rings. The van der Waals surface area contributed by atoms with Crippen LogP contribution in [0.2, 0.25) is 0 Å². The van der Waals surface area contributed by atoms with Crippen molar-refractivity contribution in [1.82, 2.24) is 5.32 Å². The molecule has 1 aliphatic rings. The summed E-state index contributed by atoms with van der Waals surface area (Å²) in [6, 6.07) is 9.35. The van der Waals surface area contributed by atoms with E-state index in [1.165, 1.54) is 12.8 Å². The summed E-state index contributed by atoms with van der Waals surface area (Å²) in [7, 11) is 0. The van der Waals surface area contributed by atoms with Crippen molar-refractivity contribution in [3.05, 3.63) is 35.9 Å². The third-order valence-electron chi connectivity index (χ3n) is 4.56. The first-order valence-electron chi connectivity index (χ1n) is 7.81. The lowest BCUT2D eigenvalue weighted by molar-refractivity contribution is -0.138. The van der Waals surface area contributed by atoms with E-state index in [0.717, 1.165) is 24.9 Å². The first-order chi connectivity index (χ1) is 10.2. The van der Waals surface area contributed by atoms with E-state index >= 15 is 0 Å². The molecule has 3 N–H and O–H groups in total. The Kier molecular flexibility index (Phi) is 6.21. The second-order valence-electron chi connectivity index (χ2n) is 5.95. The number of nitrogens with one attached hydrogen (secondary N) is 1. The SMILES string of the molecule is O=C(O)C(CNCC1CCCCC1CO)c1ccccc1. The molecule has 0 saturated heterocycles. The molecule has 4 heteroatoms. The lowest BCUT2D eigenvalue weighted by Gasteiger charge is -2.30. The summed E-state index contributed by atoms with van der Waals surface area (Å²) in [4.78, 5) is 11.4. The Morgan fingerprint density at radius 2 is 1.86 bits per heavy atom. The molecule has 1 aromatic rings. The maximum absolute atomic E-state index is 11.4. The van der Waals surface area contributed by atoms with Crippen LogP contribution in [0.25, 0.3) is 0 Å². The number of benzene rings is 1. The zero-order chi connectivity index (χ0) is 15.1. The average molecular weight is 291 g/mol. The van der Waals surface area contributed by atoms with E-state index in [0.29, 0.717) is 18.4 Å². The Hall–Kier alpha value is -1.39. The van der Waals surface area contributed by atoms with Gasteiger partial charge in [-0.15, -0.1) is 0 Å². The molecule has 3 atom stereocenters. The minimum Gasteiger partial charge on any atom is -0.481 e. The van der Waals surface area contributed by atoms with Crippen molar-refractivity contribution in [1.29, 1.82) is 0 Å². The molecule has 1 saturated carbocycles. The summed E-state index contributed by atoms with van der Waals surface area (Å²) in [5, 5.41) is 22.1. The predicted octanol–water partition coefficient (Wildman–Crippen LogP) is 2.24. The van der Waals surface area contributed by atoms with Crippen LogP contribution in [-0.4, -0.2) is 35.9 Å². The Morgan fingerprint density at radius 3 is 2.48 bits per heavy atom. The van der Waals surface area contributed by atoms with Crippen LogP contribution in [0.5, 0.6) is 0 Å². The summed E-state index contributed by atoms with van der Waals surface area (Å²) in [5.41, 5.74) is 0.833. The Balaban J connectivity index is 1.86. The molecule has 116 valence electrons. The molecule has 4 nitrogen and oxygen atoms in total. The van der Waals surface area contributed by atoms with Gasteiger partial charge in [-0.25, -0.2) is 0 Å². The standard InChI is InChI=1S/C17H25NO3/c19-12-15-9-5-4-8-14(15)10-18-11-16(17(20)21)13-6-2-1-3-7-13/h1-3,6-7,14-16,18-19H,4-5,8-12H2,(H,20,21). The lowest BCUT2D eigenvalue weighted by atomic mass is 9.79. The molecular formula is C17H25NO3. The van der Waals surface area contributed by atoms with Gasteiger partial charge in [-0.3, -0.25) is 4.79 Å². The van der Waals surface area contributed by atoms with E-state index in [4.69, 9.17) is 0 Å². The Labute approximate surface area is 126 Å². The highest BCUT2D eigenvalue weighted by Gasteiger charge is 2.25. The van der Waals surface area contributed by atoms with Crippen molar-refractivity contribution in [3.63, 3.8) is 0 Å². The van der Waals surface area contributed by atoms with Gasteiger partial charge in [0.1, 0.15) is 0 Å². The van der Waals surface area contributed by atoms with E-state index in [9.17, 15) is 15.0 Å². The van der Waals surface area contributed by atoms with Crippen molar-refractivity contribution in [2.45, 2.75) is 31.6 Å². The van der Waals surface area contributed by atoms with Crippen molar-refractivity contribution in [3.8, 4) is 0 Å². The van der Waals surface area contributed by atoms with Gasteiger partial charge in [0, 0.05) is 13.2 Å². The lowest BCUT2D eigenvalue weighted by Crippen LogP contribution is -2.35. The van der Waals surface area contributed by atoms with Gasteiger partial charge < -0.3 is 15.5 Å². The molecule has 3 unspecified atom stereocenters. The van der Waals surface area contributed by atoms with Gasteiger partial charge in [0.15, 0.2) is 0 Å². The fourth-order valence-electron chi connectivity index (χ4n) is 3.24. The molecule has 0 spiro atoms. The number of carboxylic acids is 1. The van der Waals surface area contributed by atoms with Crippen LogP contribution in [0, 0.1) is 11.8 Å². The summed E-state index contributed by atoms with van der Waals surface area (Å²) in [5.74, 6) is -0.473. The van der Waals surface area contributed by atoms with Gasteiger partial charge in [-0.1, -0.05) is 43.2 Å². The fraction of sp³-hybridized carbons (Fsp3) is 0.588. The molecule has 2 rings (SSSR count). The largest absolute Gasteiger partial charge is 0.481 e. The summed E-state index contributed by atoms with van der Waals surface area (Å²) in [6.07, 6.45) is 4.62. The second kappa shape index (κ2) is 8.15. The number of hydrogen-bond acceptors (Lipinski definition) is 3. The highest BCUT2D eigenvalue weighted by Crippen LogP contribution is 2.29. The molecule has 0 bridgehead atoms. The number of aliphatic carboxylic acids is 1. The third kappa shape index (κ3) is 4.55. The molecular weight excluding hydrogens is 266 g/mol. The molecule has 1 aromatic carbocycles. The quantitative estimate of drug-likeness (QED) is 0.720. The monoisotopic (exact) mass is 291 g/mol. The molecule has 0 amide bonds. The number of rotatable bonds is 7. The van der Waals surface area contributed by atoms with Crippen LogP contribution in [0.15, 0.2) is 30.3 Å². The van der Waals surface area contributed by atoms with Crippen molar-refractivity contribution < 1.29 is 15.0 Å².